The third-order valence-electron chi connectivity index (χ3n) is 5.38. The number of nitrogens with zero attached hydrogens (tertiary/aromatic N) is 4. The number of likely N-dealkylation sites (tertiary alicyclic amines) is 1. The minimum atomic E-state index is 0.00133. The Morgan fingerprint density at radius 3 is 3.12 bits per heavy atom. The number of anilines is 1. The predicted molar refractivity (Wildman–Crippen MR) is 97.3 cm³/mol. The van der Waals surface area contributed by atoms with Crippen molar-refractivity contribution in [3.05, 3.63) is 42.5 Å². The fourth-order valence-corrected chi connectivity index (χ4v) is 4.16. The Kier molecular flexibility index (Phi) is 4.99. The number of hydrogen-bond acceptors (Lipinski definition) is 5. The summed E-state index contributed by atoms with van der Waals surface area (Å²) in [5.74, 6) is 0.984. The number of pyridine rings is 1. The lowest BCUT2D eigenvalue weighted by molar-refractivity contribution is -0.118. The van der Waals surface area contributed by atoms with Crippen molar-refractivity contribution >= 4 is 11.6 Å². The molecule has 2 fully saturated rings. The Balaban J connectivity index is 1.29. The summed E-state index contributed by atoms with van der Waals surface area (Å²) in [5.41, 5.74) is 1.98. The Hall–Kier alpha value is -2.25. The van der Waals surface area contributed by atoms with Crippen molar-refractivity contribution in [3.8, 4) is 0 Å². The first-order valence-corrected chi connectivity index (χ1v) is 9.19. The summed E-state index contributed by atoms with van der Waals surface area (Å²) in [6.07, 6.45) is 8.88. The van der Waals surface area contributed by atoms with Crippen molar-refractivity contribution in [2.75, 3.05) is 25.0 Å². The molecule has 138 valence electrons. The molecular weight excluding hydrogens is 330 g/mol. The second-order valence-corrected chi connectivity index (χ2v) is 7.34. The van der Waals surface area contributed by atoms with Crippen molar-refractivity contribution in [1.29, 1.82) is 0 Å². The van der Waals surface area contributed by atoms with Crippen LogP contribution in [0.5, 0.6) is 0 Å². The number of hydrogen-bond donors (Lipinski definition) is 1. The Bertz CT molecular complexity index is 747. The number of nitrogens with one attached hydrogen (secondary N) is 1. The van der Waals surface area contributed by atoms with Crippen molar-refractivity contribution in [3.63, 3.8) is 0 Å². The van der Waals surface area contributed by atoms with E-state index in [4.69, 9.17) is 4.74 Å². The lowest BCUT2D eigenvalue weighted by Crippen LogP contribution is -2.41. The minimum Gasteiger partial charge on any atom is -0.377 e. The monoisotopic (exact) mass is 355 g/mol. The molecule has 0 bridgehead atoms. The quantitative estimate of drug-likeness (QED) is 0.883. The molecule has 2 aliphatic rings. The topological polar surface area (TPSA) is 72.3 Å². The van der Waals surface area contributed by atoms with Crippen LogP contribution in [0.25, 0.3) is 0 Å². The van der Waals surface area contributed by atoms with Crippen LogP contribution in [0.1, 0.15) is 18.4 Å². The maximum atomic E-state index is 12.3. The number of piperidine rings is 1. The molecule has 3 atom stereocenters. The second-order valence-electron chi connectivity index (χ2n) is 7.34. The lowest BCUT2D eigenvalue weighted by Gasteiger charge is -2.35. The average molecular weight is 355 g/mol. The molecule has 0 aromatic carbocycles. The summed E-state index contributed by atoms with van der Waals surface area (Å²) in [6.45, 7) is 3.75. The van der Waals surface area contributed by atoms with Gasteiger partial charge >= 0.3 is 0 Å². The van der Waals surface area contributed by atoms with E-state index in [1.807, 2.05) is 30.1 Å². The van der Waals surface area contributed by atoms with E-state index in [-0.39, 0.29) is 12.0 Å². The van der Waals surface area contributed by atoms with E-state index in [9.17, 15) is 4.79 Å². The first-order chi connectivity index (χ1) is 12.7. The van der Waals surface area contributed by atoms with Gasteiger partial charge in [0.2, 0.25) is 5.91 Å². The van der Waals surface area contributed by atoms with Gasteiger partial charge in [0.1, 0.15) is 0 Å². The van der Waals surface area contributed by atoms with E-state index in [1.54, 1.807) is 12.4 Å². The summed E-state index contributed by atoms with van der Waals surface area (Å²) in [6, 6.07) is 3.66. The van der Waals surface area contributed by atoms with Crippen molar-refractivity contribution in [2.24, 2.45) is 18.9 Å². The zero-order chi connectivity index (χ0) is 17.9. The molecule has 26 heavy (non-hydrogen) atoms. The number of carbonyl (C=O) groups excluding carboxylic acids is 1. The normalized spacial score (nSPS) is 25.8. The molecule has 0 spiro atoms. The average Bonchev–Trinajstić information content (AvgIpc) is 3.22. The van der Waals surface area contributed by atoms with Gasteiger partial charge in [-0.05, 0) is 31.0 Å². The lowest BCUT2D eigenvalue weighted by atomic mass is 9.83. The molecule has 1 N–H and O–H groups in total. The van der Waals surface area contributed by atoms with Crippen LogP contribution in [-0.4, -0.2) is 51.4 Å². The van der Waals surface area contributed by atoms with Gasteiger partial charge in [-0.3, -0.25) is 19.4 Å². The fraction of sp³-hybridized carbons (Fsp3) is 0.526. The zero-order valence-corrected chi connectivity index (χ0v) is 15.0. The van der Waals surface area contributed by atoms with Gasteiger partial charge < -0.3 is 10.1 Å². The highest BCUT2D eigenvalue weighted by Gasteiger charge is 2.41. The van der Waals surface area contributed by atoms with Crippen molar-refractivity contribution in [2.45, 2.75) is 25.5 Å². The van der Waals surface area contributed by atoms with Crippen LogP contribution in [0.15, 0.2) is 36.9 Å². The maximum absolute atomic E-state index is 12.3. The molecule has 2 aliphatic heterocycles. The maximum Gasteiger partial charge on any atom is 0.227 e. The van der Waals surface area contributed by atoms with Crippen molar-refractivity contribution in [1.82, 2.24) is 19.7 Å². The van der Waals surface area contributed by atoms with Crippen LogP contribution < -0.4 is 5.32 Å². The van der Waals surface area contributed by atoms with Crippen LogP contribution in [0.2, 0.25) is 0 Å². The summed E-state index contributed by atoms with van der Waals surface area (Å²) >= 11 is 0. The summed E-state index contributed by atoms with van der Waals surface area (Å²) in [7, 11) is 1.95. The number of amides is 1. The molecular formula is C19H25N5O2. The van der Waals surface area contributed by atoms with Crippen LogP contribution in [-0.2, 0) is 23.1 Å². The first kappa shape index (κ1) is 17.2. The molecule has 2 aromatic rings. The summed E-state index contributed by atoms with van der Waals surface area (Å²) in [5, 5.41) is 7.15. The molecule has 1 amide bonds. The molecule has 7 heteroatoms. The molecule has 0 aliphatic carbocycles. The smallest absolute Gasteiger partial charge is 0.227 e. The summed E-state index contributed by atoms with van der Waals surface area (Å²) < 4.78 is 7.84. The molecule has 2 saturated heterocycles. The highest BCUT2D eigenvalue weighted by Crippen LogP contribution is 2.36. The standard InChI is InChI=1S/C19H25N5O2/c1-23-10-14(8-21-23)11-24-6-4-17-15(12-24)13-26-18(17)7-19(25)22-16-3-2-5-20-9-16/h2-3,5,8-10,15,17-18H,4,6-7,11-13H2,1H3,(H,22,25)/t15-,17-,18+/m0/s1. The number of fused-ring (bicyclic) bond motifs is 1. The van der Waals surface area contributed by atoms with Gasteiger partial charge in [0.25, 0.3) is 0 Å². The predicted octanol–water partition coefficient (Wildman–Crippen LogP) is 1.68. The largest absolute Gasteiger partial charge is 0.377 e. The number of aryl methyl sites for hydroxylation is 1. The van der Waals surface area contributed by atoms with Gasteiger partial charge in [-0.25, -0.2) is 0 Å². The minimum absolute atomic E-state index is 0.00133. The third-order valence-corrected chi connectivity index (χ3v) is 5.38. The van der Waals surface area contributed by atoms with E-state index in [0.29, 0.717) is 18.3 Å². The highest BCUT2D eigenvalue weighted by atomic mass is 16.5. The van der Waals surface area contributed by atoms with E-state index in [1.165, 1.54) is 5.56 Å². The highest BCUT2D eigenvalue weighted by molar-refractivity contribution is 5.90. The van der Waals surface area contributed by atoms with E-state index < -0.39 is 0 Å². The summed E-state index contributed by atoms with van der Waals surface area (Å²) in [4.78, 5) is 18.8. The zero-order valence-electron chi connectivity index (χ0n) is 15.0. The fourth-order valence-electron chi connectivity index (χ4n) is 4.16. The van der Waals surface area contributed by atoms with Crippen LogP contribution in [0.4, 0.5) is 5.69 Å². The molecule has 2 aromatic heterocycles. The van der Waals surface area contributed by atoms with Crippen LogP contribution in [0, 0.1) is 11.8 Å². The molecule has 0 radical (unpaired) electrons. The van der Waals surface area contributed by atoms with Gasteiger partial charge in [0, 0.05) is 44.0 Å². The van der Waals surface area contributed by atoms with E-state index >= 15 is 0 Å². The first-order valence-electron chi connectivity index (χ1n) is 9.19. The van der Waals surface area contributed by atoms with Gasteiger partial charge in [-0.1, -0.05) is 0 Å². The molecule has 0 saturated carbocycles. The molecule has 7 nitrogen and oxygen atoms in total. The SMILES string of the molecule is Cn1cc(CN2CC[C@H]3[C@H](CO[C@@H]3CC(=O)Nc3cccnc3)C2)cn1. The molecule has 4 heterocycles. The second kappa shape index (κ2) is 7.55. The number of carbonyl (C=O) groups is 1. The third kappa shape index (κ3) is 3.94. The van der Waals surface area contributed by atoms with Gasteiger partial charge in [0.15, 0.2) is 0 Å². The number of aromatic nitrogens is 3. The van der Waals surface area contributed by atoms with Crippen molar-refractivity contribution < 1.29 is 9.53 Å². The Morgan fingerprint density at radius 1 is 1.42 bits per heavy atom. The number of rotatable bonds is 5. The van der Waals surface area contributed by atoms with E-state index in [0.717, 1.165) is 38.3 Å². The van der Waals surface area contributed by atoms with Gasteiger partial charge in [-0.2, -0.15) is 5.10 Å². The van der Waals surface area contributed by atoms with Gasteiger partial charge in [-0.15, -0.1) is 0 Å². The van der Waals surface area contributed by atoms with Gasteiger partial charge in [0.05, 0.1) is 37.2 Å². The van der Waals surface area contributed by atoms with Crippen LogP contribution in [0.3, 0.4) is 0 Å². The Morgan fingerprint density at radius 2 is 2.35 bits per heavy atom. The van der Waals surface area contributed by atoms with Crippen LogP contribution >= 0.6 is 0 Å². The molecule has 4 rings (SSSR count). The number of ether oxygens (including phenoxy) is 1. The Labute approximate surface area is 153 Å². The van der Waals surface area contributed by atoms with E-state index in [2.05, 4.69) is 26.5 Å². The molecule has 0 unspecified atom stereocenters.